The van der Waals surface area contributed by atoms with Gasteiger partial charge in [0.05, 0.1) is 12.7 Å². The summed E-state index contributed by atoms with van der Waals surface area (Å²) in [5, 5.41) is 3.27. The summed E-state index contributed by atoms with van der Waals surface area (Å²) in [6.07, 6.45) is -0.0195. The number of carbonyl (C=O) groups excluding carboxylic acids is 1. The molecule has 2 rings (SSSR count). The number of morpholine rings is 1. The van der Waals surface area contributed by atoms with E-state index < -0.39 is 0 Å². The zero-order valence-corrected chi connectivity index (χ0v) is 11.7. The van der Waals surface area contributed by atoms with Crippen molar-refractivity contribution >= 4 is 17.7 Å². The highest BCUT2D eigenvalue weighted by Gasteiger charge is 2.36. The van der Waals surface area contributed by atoms with E-state index in [0.29, 0.717) is 6.61 Å². The lowest BCUT2D eigenvalue weighted by molar-refractivity contribution is -0.139. The van der Waals surface area contributed by atoms with Crippen LogP contribution in [0.25, 0.3) is 0 Å². The van der Waals surface area contributed by atoms with Gasteiger partial charge in [-0.05, 0) is 20.8 Å². The Balaban J connectivity index is 1.99. The van der Waals surface area contributed by atoms with Crippen LogP contribution >= 0.6 is 11.8 Å². The van der Waals surface area contributed by atoms with Crippen LogP contribution in [0.1, 0.15) is 20.8 Å². The molecule has 2 aliphatic heterocycles. The van der Waals surface area contributed by atoms with Gasteiger partial charge in [0.25, 0.3) is 0 Å². The van der Waals surface area contributed by atoms with Crippen molar-refractivity contribution in [3.05, 3.63) is 0 Å². The highest BCUT2D eigenvalue weighted by molar-refractivity contribution is 8.00. The lowest BCUT2D eigenvalue weighted by Gasteiger charge is -2.40. The molecule has 2 atom stereocenters. The molecule has 2 saturated heterocycles. The molecule has 2 aliphatic rings. The number of hydrogen-bond donors (Lipinski definition) is 1. The van der Waals surface area contributed by atoms with Crippen molar-refractivity contribution in [1.29, 1.82) is 0 Å². The molecule has 2 heterocycles. The Morgan fingerprint density at radius 1 is 1.53 bits per heavy atom. The van der Waals surface area contributed by atoms with Gasteiger partial charge in [-0.1, -0.05) is 0 Å². The highest BCUT2D eigenvalue weighted by atomic mass is 32.2. The summed E-state index contributed by atoms with van der Waals surface area (Å²) in [4.78, 5) is 14.4. The average Bonchev–Trinajstić information content (AvgIpc) is 2.27. The van der Waals surface area contributed by atoms with Gasteiger partial charge in [-0.2, -0.15) is 11.8 Å². The maximum atomic E-state index is 12.4. The van der Waals surface area contributed by atoms with E-state index in [2.05, 4.69) is 19.2 Å². The molecule has 1 amide bonds. The fourth-order valence-electron chi connectivity index (χ4n) is 2.41. The first-order valence-electron chi connectivity index (χ1n) is 6.27. The summed E-state index contributed by atoms with van der Waals surface area (Å²) in [5.41, 5.74) is 0. The van der Waals surface area contributed by atoms with Crippen molar-refractivity contribution < 1.29 is 9.53 Å². The summed E-state index contributed by atoms with van der Waals surface area (Å²) in [6, 6.07) is -0.164. The second kappa shape index (κ2) is 5.16. The fourth-order valence-corrected chi connectivity index (χ4v) is 3.52. The molecule has 0 aliphatic carbocycles. The van der Waals surface area contributed by atoms with E-state index in [1.807, 2.05) is 23.6 Å². The van der Waals surface area contributed by atoms with Crippen LogP contribution in [0, 0.1) is 0 Å². The van der Waals surface area contributed by atoms with Crippen molar-refractivity contribution in [3.8, 4) is 0 Å². The third kappa shape index (κ3) is 3.14. The summed E-state index contributed by atoms with van der Waals surface area (Å²) in [6.45, 7) is 9.54. The number of thioether (sulfide) groups is 1. The number of carbonyl (C=O) groups is 1. The largest absolute Gasteiger partial charge is 0.375 e. The van der Waals surface area contributed by atoms with Crippen LogP contribution in [-0.2, 0) is 9.53 Å². The maximum absolute atomic E-state index is 12.4. The van der Waals surface area contributed by atoms with Gasteiger partial charge in [-0.15, -0.1) is 0 Å². The molecule has 5 heteroatoms. The van der Waals surface area contributed by atoms with Crippen molar-refractivity contribution in [1.82, 2.24) is 10.2 Å². The zero-order chi connectivity index (χ0) is 12.5. The van der Waals surface area contributed by atoms with Gasteiger partial charge in [0.2, 0.25) is 5.91 Å². The summed E-state index contributed by atoms with van der Waals surface area (Å²) in [7, 11) is 0. The summed E-state index contributed by atoms with van der Waals surface area (Å²) in [5.74, 6) is 1.23. The van der Waals surface area contributed by atoms with Gasteiger partial charge < -0.3 is 15.0 Å². The molecule has 0 spiro atoms. The normalized spacial score (nSPS) is 33.5. The number of nitrogens with one attached hydrogen (secondary N) is 1. The van der Waals surface area contributed by atoms with Crippen molar-refractivity contribution in [3.63, 3.8) is 0 Å². The Bertz CT molecular complexity index is 296. The van der Waals surface area contributed by atoms with Gasteiger partial charge in [-0.3, -0.25) is 4.79 Å². The first-order chi connectivity index (χ1) is 7.99. The zero-order valence-electron chi connectivity index (χ0n) is 10.9. The lowest BCUT2D eigenvalue weighted by Crippen LogP contribution is -2.59. The highest BCUT2D eigenvalue weighted by Crippen LogP contribution is 2.30. The second-order valence-corrected chi connectivity index (χ2v) is 7.18. The number of rotatable bonds is 1. The molecule has 0 bridgehead atoms. The molecule has 1 N–H and O–H groups in total. The van der Waals surface area contributed by atoms with E-state index >= 15 is 0 Å². The molecule has 4 nitrogen and oxygen atoms in total. The summed E-state index contributed by atoms with van der Waals surface area (Å²) >= 11 is 1.94. The van der Waals surface area contributed by atoms with Crippen molar-refractivity contribution in [2.75, 3.05) is 32.0 Å². The standard InChI is InChI=1S/C12H22N2O2S/c1-9-10(13-4-6-16-9)11(15)14-5-7-17-12(2,3)8-14/h9-10,13H,4-8H2,1-3H3/t9-,10+/m1/s1. The van der Waals surface area contributed by atoms with Crippen LogP contribution in [0.3, 0.4) is 0 Å². The van der Waals surface area contributed by atoms with Gasteiger partial charge in [0, 0.05) is 30.1 Å². The molecule has 0 aromatic carbocycles. The number of ether oxygens (including phenoxy) is 1. The van der Waals surface area contributed by atoms with E-state index in [0.717, 1.165) is 25.4 Å². The Hall–Kier alpha value is -0.260. The monoisotopic (exact) mass is 258 g/mol. The topological polar surface area (TPSA) is 41.6 Å². The maximum Gasteiger partial charge on any atom is 0.242 e. The molecule has 0 saturated carbocycles. The van der Waals surface area contributed by atoms with Gasteiger partial charge in [0.1, 0.15) is 6.04 Å². The molecule has 0 radical (unpaired) electrons. The third-order valence-corrected chi connectivity index (χ3v) is 4.62. The van der Waals surface area contributed by atoms with Crippen LogP contribution in [0.15, 0.2) is 0 Å². The predicted molar refractivity (Wildman–Crippen MR) is 70.3 cm³/mol. The Labute approximate surface area is 107 Å². The number of amides is 1. The Morgan fingerprint density at radius 2 is 2.29 bits per heavy atom. The van der Waals surface area contributed by atoms with Crippen molar-refractivity contribution in [2.45, 2.75) is 37.7 Å². The van der Waals surface area contributed by atoms with Crippen LogP contribution in [0.2, 0.25) is 0 Å². The fraction of sp³-hybridized carbons (Fsp3) is 0.917. The summed E-state index contributed by atoms with van der Waals surface area (Å²) < 4.78 is 5.71. The van der Waals surface area contributed by atoms with Gasteiger partial charge >= 0.3 is 0 Å². The van der Waals surface area contributed by atoms with E-state index in [9.17, 15) is 4.79 Å². The van der Waals surface area contributed by atoms with E-state index in [4.69, 9.17) is 4.74 Å². The smallest absolute Gasteiger partial charge is 0.242 e. The van der Waals surface area contributed by atoms with Crippen LogP contribution in [0.4, 0.5) is 0 Å². The number of hydrogen-bond acceptors (Lipinski definition) is 4. The minimum atomic E-state index is -0.164. The van der Waals surface area contributed by atoms with Crippen LogP contribution in [-0.4, -0.2) is 59.7 Å². The Morgan fingerprint density at radius 3 is 2.94 bits per heavy atom. The van der Waals surface area contributed by atoms with Crippen LogP contribution in [0.5, 0.6) is 0 Å². The first-order valence-corrected chi connectivity index (χ1v) is 7.26. The van der Waals surface area contributed by atoms with E-state index in [1.54, 1.807) is 0 Å². The Kier molecular flexibility index (Phi) is 4.00. The van der Waals surface area contributed by atoms with E-state index in [1.165, 1.54) is 0 Å². The molecule has 0 unspecified atom stereocenters. The molecule has 98 valence electrons. The first kappa shape index (κ1) is 13.2. The third-order valence-electron chi connectivity index (χ3n) is 3.32. The average molecular weight is 258 g/mol. The van der Waals surface area contributed by atoms with Gasteiger partial charge in [0.15, 0.2) is 0 Å². The number of nitrogens with zero attached hydrogens (tertiary/aromatic N) is 1. The molecule has 2 fully saturated rings. The molecule has 0 aromatic rings. The van der Waals surface area contributed by atoms with Gasteiger partial charge in [-0.25, -0.2) is 0 Å². The van der Waals surface area contributed by atoms with Crippen LogP contribution < -0.4 is 5.32 Å². The molecule has 17 heavy (non-hydrogen) atoms. The molecule has 0 aromatic heterocycles. The van der Waals surface area contributed by atoms with Crippen molar-refractivity contribution in [2.24, 2.45) is 0 Å². The lowest BCUT2D eigenvalue weighted by atomic mass is 10.1. The minimum Gasteiger partial charge on any atom is -0.375 e. The second-order valence-electron chi connectivity index (χ2n) is 5.38. The van der Waals surface area contributed by atoms with E-state index in [-0.39, 0.29) is 22.8 Å². The predicted octanol–water partition coefficient (Wildman–Crippen LogP) is 0.717. The molecular weight excluding hydrogens is 236 g/mol. The molecular formula is C12H22N2O2S. The minimum absolute atomic E-state index is 0.0195. The quantitative estimate of drug-likeness (QED) is 0.752. The SMILES string of the molecule is C[C@H]1OCCN[C@@H]1C(=O)N1CCSC(C)(C)C1.